The zero-order valence-corrected chi connectivity index (χ0v) is 7.29. The lowest BCUT2D eigenvalue weighted by Gasteiger charge is -2.02. The van der Waals surface area contributed by atoms with Crippen molar-refractivity contribution in [2.75, 3.05) is 0 Å². The van der Waals surface area contributed by atoms with E-state index in [-0.39, 0.29) is 5.78 Å². The van der Waals surface area contributed by atoms with Gasteiger partial charge in [-0.05, 0) is 20.3 Å². The summed E-state index contributed by atoms with van der Waals surface area (Å²) in [6.45, 7) is 5.10. The van der Waals surface area contributed by atoms with Gasteiger partial charge >= 0.3 is 0 Å². The van der Waals surface area contributed by atoms with Crippen molar-refractivity contribution in [3.8, 4) is 0 Å². The van der Waals surface area contributed by atoms with Gasteiger partial charge in [0.2, 0.25) is 0 Å². The Morgan fingerprint density at radius 3 is 2.45 bits per heavy atom. The Morgan fingerprint density at radius 2 is 2.09 bits per heavy atom. The number of aliphatic hydroxyl groups excluding tert-OH is 1. The fourth-order valence-electron chi connectivity index (χ4n) is 0.752. The smallest absolute Gasteiger partial charge is 0.144 e. The van der Waals surface area contributed by atoms with E-state index in [9.17, 15) is 4.79 Å². The molecule has 0 aromatic heterocycles. The van der Waals surface area contributed by atoms with Crippen molar-refractivity contribution in [2.45, 2.75) is 39.8 Å². The number of Topliss-reactive ketones (excluding diaryl/α,β-unsaturated/α-hetero) is 1. The molecule has 0 aromatic carbocycles. The molecule has 1 unspecified atom stereocenters. The summed E-state index contributed by atoms with van der Waals surface area (Å²) in [5.41, 5.74) is 0.701. The molecule has 3 nitrogen and oxygen atoms in total. The average Bonchev–Trinajstić information content (AvgIpc) is 1.85. The van der Waals surface area contributed by atoms with Crippen LogP contribution in [0.15, 0.2) is 4.99 Å². The molecule has 0 rings (SSSR count). The summed E-state index contributed by atoms with van der Waals surface area (Å²) in [7, 11) is 0. The maximum Gasteiger partial charge on any atom is 0.144 e. The number of nitrogens with zero attached hydrogens (tertiary/aromatic N) is 1. The molecule has 0 spiro atoms. The molecule has 1 N–H and O–H groups in total. The fourth-order valence-corrected chi connectivity index (χ4v) is 0.752. The highest BCUT2D eigenvalue weighted by molar-refractivity contribution is 5.99. The first-order valence-electron chi connectivity index (χ1n) is 3.77. The third kappa shape index (κ3) is 5.73. The van der Waals surface area contributed by atoms with Crippen LogP contribution in [0.1, 0.15) is 33.6 Å². The SMILES string of the molecule is CCC(O)N=C(C)CC(C)=O. The summed E-state index contributed by atoms with van der Waals surface area (Å²) in [6.07, 6.45) is 0.293. The zero-order chi connectivity index (χ0) is 8.85. The molecule has 0 bridgehead atoms. The maximum atomic E-state index is 10.6. The molecule has 0 heterocycles. The van der Waals surface area contributed by atoms with E-state index in [0.29, 0.717) is 18.6 Å². The Hall–Kier alpha value is -0.700. The molecule has 11 heavy (non-hydrogen) atoms. The van der Waals surface area contributed by atoms with Gasteiger partial charge in [0.25, 0.3) is 0 Å². The minimum Gasteiger partial charge on any atom is -0.372 e. The number of aliphatic imine (C=N–C) groups is 1. The van der Waals surface area contributed by atoms with Crippen LogP contribution < -0.4 is 0 Å². The Morgan fingerprint density at radius 1 is 1.55 bits per heavy atom. The van der Waals surface area contributed by atoms with Gasteiger partial charge in [-0.25, -0.2) is 0 Å². The van der Waals surface area contributed by atoms with E-state index < -0.39 is 6.23 Å². The van der Waals surface area contributed by atoms with Crippen LogP contribution in [0.3, 0.4) is 0 Å². The number of carbonyl (C=O) groups is 1. The van der Waals surface area contributed by atoms with E-state index in [2.05, 4.69) is 4.99 Å². The Labute approximate surface area is 67.1 Å². The molecular weight excluding hydrogens is 142 g/mol. The highest BCUT2D eigenvalue weighted by Gasteiger charge is 2.00. The maximum absolute atomic E-state index is 10.6. The summed E-state index contributed by atoms with van der Waals surface area (Å²) < 4.78 is 0. The van der Waals surface area contributed by atoms with E-state index in [1.165, 1.54) is 6.92 Å². The summed E-state index contributed by atoms with van der Waals surface area (Å²) in [4.78, 5) is 14.4. The fraction of sp³-hybridized carbons (Fsp3) is 0.750. The third-order valence-corrected chi connectivity index (χ3v) is 1.24. The largest absolute Gasteiger partial charge is 0.372 e. The first kappa shape index (κ1) is 10.3. The molecule has 64 valence electrons. The van der Waals surface area contributed by atoms with Crippen molar-refractivity contribution >= 4 is 11.5 Å². The second kappa shape index (κ2) is 5.02. The average molecular weight is 157 g/mol. The van der Waals surface area contributed by atoms with Gasteiger partial charge in [-0.3, -0.25) is 9.79 Å². The molecule has 0 saturated carbocycles. The molecule has 0 aliphatic heterocycles. The zero-order valence-electron chi connectivity index (χ0n) is 7.29. The molecule has 1 atom stereocenters. The third-order valence-electron chi connectivity index (χ3n) is 1.24. The molecule has 0 aliphatic carbocycles. The lowest BCUT2D eigenvalue weighted by atomic mass is 10.2. The monoisotopic (exact) mass is 157 g/mol. The highest BCUT2D eigenvalue weighted by Crippen LogP contribution is 1.95. The van der Waals surface area contributed by atoms with Crippen LogP contribution in [-0.4, -0.2) is 22.8 Å². The Kier molecular flexibility index (Phi) is 4.70. The molecule has 0 radical (unpaired) electrons. The molecule has 0 aliphatic rings. The van der Waals surface area contributed by atoms with Gasteiger partial charge in [0.15, 0.2) is 0 Å². The van der Waals surface area contributed by atoms with Crippen LogP contribution in [0.25, 0.3) is 0 Å². The van der Waals surface area contributed by atoms with Gasteiger partial charge in [-0.1, -0.05) is 6.92 Å². The van der Waals surface area contributed by atoms with Gasteiger partial charge in [-0.15, -0.1) is 0 Å². The number of ketones is 1. The first-order valence-corrected chi connectivity index (χ1v) is 3.77. The minimum atomic E-state index is -0.644. The number of hydrogen-bond acceptors (Lipinski definition) is 3. The Balaban J connectivity index is 3.89. The van der Waals surface area contributed by atoms with Crippen molar-refractivity contribution in [2.24, 2.45) is 4.99 Å². The first-order chi connectivity index (χ1) is 5.06. The van der Waals surface area contributed by atoms with E-state index in [1.807, 2.05) is 6.92 Å². The standard InChI is InChI=1S/C8H15NO2/c1-4-8(11)9-6(2)5-7(3)10/h8,11H,4-5H2,1-3H3. The van der Waals surface area contributed by atoms with Gasteiger partial charge in [-0.2, -0.15) is 0 Å². The number of hydrogen-bond donors (Lipinski definition) is 1. The van der Waals surface area contributed by atoms with Gasteiger partial charge < -0.3 is 5.11 Å². The molecule has 0 aromatic rings. The second-order valence-electron chi connectivity index (χ2n) is 2.63. The van der Waals surface area contributed by atoms with Crippen LogP contribution in [-0.2, 0) is 4.79 Å². The molecular formula is C8H15NO2. The lowest BCUT2D eigenvalue weighted by Crippen LogP contribution is -2.07. The highest BCUT2D eigenvalue weighted by atomic mass is 16.3. The van der Waals surface area contributed by atoms with Crippen LogP contribution >= 0.6 is 0 Å². The quantitative estimate of drug-likeness (QED) is 0.622. The number of carbonyl (C=O) groups excluding carboxylic acids is 1. The molecule has 0 fully saturated rings. The molecule has 3 heteroatoms. The van der Waals surface area contributed by atoms with Gasteiger partial charge in [0.1, 0.15) is 12.0 Å². The van der Waals surface area contributed by atoms with Crippen molar-refractivity contribution in [3.63, 3.8) is 0 Å². The van der Waals surface area contributed by atoms with Gasteiger partial charge in [0, 0.05) is 12.1 Å². The van der Waals surface area contributed by atoms with Crippen LogP contribution in [0, 0.1) is 0 Å². The number of rotatable bonds is 4. The predicted molar refractivity (Wildman–Crippen MR) is 44.7 cm³/mol. The van der Waals surface area contributed by atoms with Crippen LogP contribution in [0.5, 0.6) is 0 Å². The number of aliphatic hydroxyl groups is 1. The van der Waals surface area contributed by atoms with Crippen LogP contribution in [0.4, 0.5) is 0 Å². The van der Waals surface area contributed by atoms with E-state index in [1.54, 1.807) is 6.92 Å². The van der Waals surface area contributed by atoms with Crippen molar-refractivity contribution in [1.82, 2.24) is 0 Å². The minimum absolute atomic E-state index is 0.0783. The lowest BCUT2D eigenvalue weighted by molar-refractivity contribution is -0.115. The second-order valence-corrected chi connectivity index (χ2v) is 2.63. The van der Waals surface area contributed by atoms with Crippen LogP contribution in [0.2, 0.25) is 0 Å². The van der Waals surface area contributed by atoms with Gasteiger partial charge in [0.05, 0.1) is 0 Å². The summed E-state index contributed by atoms with van der Waals surface area (Å²) in [5.74, 6) is 0.0783. The van der Waals surface area contributed by atoms with E-state index in [0.717, 1.165) is 0 Å². The summed E-state index contributed by atoms with van der Waals surface area (Å²) >= 11 is 0. The van der Waals surface area contributed by atoms with E-state index >= 15 is 0 Å². The summed E-state index contributed by atoms with van der Waals surface area (Å²) in [5, 5.41) is 9.04. The van der Waals surface area contributed by atoms with Crippen molar-refractivity contribution < 1.29 is 9.90 Å². The topological polar surface area (TPSA) is 49.7 Å². The van der Waals surface area contributed by atoms with E-state index in [4.69, 9.17) is 5.11 Å². The Bertz CT molecular complexity index is 163. The van der Waals surface area contributed by atoms with Crippen molar-refractivity contribution in [3.05, 3.63) is 0 Å². The van der Waals surface area contributed by atoms with Crippen molar-refractivity contribution in [1.29, 1.82) is 0 Å². The normalized spacial score (nSPS) is 14.7. The summed E-state index contributed by atoms with van der Waals surface area (Å²) in [6, 6.07) is 0. The predicted octanol–water partition coefficient (Wildman–Crippen LogP) is 1.15. The molecule has 0 amide bonds. The molecule has 0 saturated heterocycles.